The fourth-order valence-corrected chi connectivity index (χ4v) is 9.08. The first kappa shape index (κ1) is 47.0. The zero-order valence-electron chi connectivity index (χ0n) is 35.9. The number of benzene rings is 4. The monoisotopic (exact) mass is 875 g/mol. The maximum atomic E-state index is 14.4. The van der Waals surface area contributed by atoms with Gasteiger partial charge in [0.25, 0.3) is 9.04 Å². The lowest BCUT2D eigenvalue weighted by Crippen LogP contribution is -2.55. The molecule has 325 valence electrons. The second-order valence-electron chi connectivity index (χ2n) is 16.8. The molecule has 1 radical (unpaired) electrons. The largest absolute Gasteiger partial charge is 0.484 e. The summed E-state index contributed by atoms with van der Waals surface area (Å²) in [5.41, 5.74) is 1.36. The van der Waals surface area contributed by atoms with Gasteiger partial charge in [-0.05, 0) is 68.6 Å². The summed E-state index contributed by atoms with van der Waals surface area (Å²) in [6, 6.07) is 24.5. The number of sulfone groups is 1. The van der Waals surface area contributed by atoms with E-state index in [1.54, 1.807) is 0 Å². The Hall–Kier alpha value is -5.06. The Kier molecular flexibility index (Phi) is 14.9. The summed E-state index contributed by atoms with van der Waals surface area (Å²) in [6.07, 6.45) is -1.56. The number of aliphatic hydroxyl groups is 1. The van der Waals surface area contributed by atoms with Crippen molar-refractivity contribution in [1.29, 1.82) is 0 Å². The van der Waals surface area contributed by atoms with E-state index in [0.29, 0.717) is 12.0 Å². The standard InChI is InChI=1S/C46H53F2N2O9SSi/c1-10-11-40(52)58-44(56-8)42(59-61(34-21-14-30(15-22-34)45(2,3)4)35-23-16-31(17-24-35)46(5,6)7)39(51)28-57-41-36(29-12-19-33(20-13-29)60(9,54)55)27-49-50(43(41)53)32-18-25-37(47)38(48)26-32/h12-27,39,42,44,51H,10-11,28H2,1-9H3. The van der Waals surface area contributed by atoms with E-state index in [1.807, 2.05) is 55.5 Å². The summed E-state index contributed by atoms with van der Waals surface area (Å²) in [5.74, 6) is -3.29. The SMILES string of the molecule is CCCC(=O)OC(OC)C(O[Si](c1ccc(C(C)(C)C)cc1)c1ccc(C(C)(C)C)cc1)C(O)COc1c(-c2ccc(S(C)(=O)=O)cc2)cnn(-c2ccc(F)c(F)c2)c1=O. The lowest BCUT2D eigenvalue weighted by Gasteiger charge is -2.33. The zero-order chi connectivity index (χ0) is 44.9. The topological polar surface area (TPSA) is 143 Å². The van der Waals surface area contributed by atoms with Gasteiger partial charge in [-0.1, -0.05) is 109 Å². The van der Waals surface area contributed by atoms with Gasteiger partial charge >= 0.3 is 11.5 Å². The minimum absolute atomic E-state index is 0.0270. The number of hydrogen-bond donors (Lipinski definition) is 1. The molecule has 0 aliphatic heterocycles. The van der Waals surface area contributed by atoms with Crippen molar-refractivity contribution >= 4 is 35.2 Å². The number of rotatable bonds is 16. The molecule has 1 N–H and O–H groups in total. The van der Waals surface area contributed by atoms with Crippen LogP contribution in [-0.2, 0) is 39.4 Å². The summed E-state index contributed by atoms with van der Waals surface area (Å²) < 4.78 is 78.0. The number of aliphatic hydroxyl groups excluding tert-OH is 1. The molecule has 15 heteroatoms. The Bertz CT molecular complexity index is 2410. The van der Waals surface area contributed by atoms with Crippen LogP contribution in [-0.4, -0.2) is 76.8 Å². The van der Waals surface area contributed by atoms with Crippen LogP contribution in [0, 0.1) is 11.6 Å². The van der Waals surface area contributed by atoms with Gasteiger partial charge in [0, 0.05) is 31.4 Å². The lowest BCUT2D eigenvalue weighted by molar-refractivity contribution is -0.205. The molecule has 0 saturated carbocycles. The number of ether oxygens (including phenoxy) is 3. The first-order chi connectivity index (χ1) is 28.6. The molecular formula is C46H53F2N2O9SSi. The van der Waals surface area contributed by atoms with E-state index in [9.17, 15) is 31.9 Å². The van der Waals surface area contributed by atoms with Crippen molar-refractivity contribution in [3.05, 3.63) is 130 Å². The molecular weight excluding hydrogens is 823 g/mol. The van der Waals surface area contributed by atoms with Crippen LogP contribution in [0.4, 0.5) is 8.78 Å². The number of halogens is 2. The Morgan fingerprint density at radius 3 is 1.89 bits per heavy atom. The van der Waals surface area contributed by atoms with Crippen molar-refractivity contribution in [3.63, 3.8) is 0 Å². The van der Waals surface area contributed by atoms with Gasteiger partial charge in [-0.15, -0.1) is 0 Å². The van der Waals surface area contributed by atoms with Crippen molar-refractivity contribution < 1.29 is 45.7 Å². The van der Waals surface area contributed by atoms with E-state index in [2.05, 4.69) is 46.6 Å². The van der Waals surface area contributed by atoms with Gasteiger partial charge in [0.2, 0.25) is 6.29 Å². The van der Waals surface area contributed by atoms with Crippen LogP contribution in [0.2, 0.25) is 0 Å². The third kappa shape index (κ3) is 11.7. The number of esters is 1. The molecule has 5 rings (SSSR count). The molecule has 0 aliphatic rings. The molecule has 11 nitrogen and oxygen atoms in total. The van der Waals surface area contributed by atoms with Crippen molar-refractivity contribution in [2.45, 2.75) is 95.5 Å². The molecule has 3 unspecified atom stereocenters. The van der Waals surface area contributed by atoms with Crippen LogP contribution in [0.1, 0.15) is 72.4 Å². The predicted molar refractivity (Wildman–Crippen MR) is 232 cm³/mol. The van der Waals surface area contributed by atoms with Crippen LogP contribution < -0.4 is 20.7 Å². The molecule has 3 atom stereocenters. The normalized spacial score (nSPS) is 13.8. The molecule has 1 aromatic heterocycles. The molecule has 0 amide bonds. The molecule has 5 aromatic rings. The molecule has 0 spiro atoms. The highest BCUT2D eigenvalue weighted by Gasteiger charge is 2.38. The second-order valence-corrected chi connectivity index (χ2v) is 20.9. The van der Waals surface area contributed by atoms with Crippen LogP contribution in [0.15, 0.2) is 107 Å². The average Bonchev–Trinajstić information content (AvgIpc) is 3.20. The van der Waals surface area contributed by atoms with E-state index in [1.165, 1.54) is 37.6 Å². The highest BCUT2D eigenvalue weighted by Crippen LogP contribution is 2.29. The van der Waals surface area contributed by atoms with Crippen molar-refractivity contribution in [2.24, 2.45) is 0 Å². The smallest absolute Gasteiger partial charge is 0.314 e. The Labute approximate surface area is 357 Å². The van der Waals surface area contributed by atoms with E-state index < -0.39 is 67.1 Å². The molecule has 0 saturated heterocycles. The summed E-state index contributed by atoms with van der Waals surface area (Å²) in [4.78, 5) is 27.2. The van der Waals surface area contributed by atoms with Crippen molar-refractivity contribution in [1.82, 2.24) is 9.78 Å². The molecule has 61 heavy (non-hydrogen) atoms. The minimum atomic E-state index is -3.56. The van der Waals surface area contributed by atoms with Crippen molar-refractivity contribution in [2.75, 3.05) is 20.0 Å². The van der Waals surface area contributed by atoms with Crippen LogP contribution >= 0.6 is 0 Å². The van der Waals surface area contributed by atoms with Gasteiger partial charge in [-0.25, -0.2) is 17.2 Å². The van der Waals surface area contributed by atoms with Gasteiger partial charge in [-0.3, -0.25) is 9.59 Å². The number of nitrogens with zero attached hydrogens (tertiary/aromatic N) is 2. The van der Waals surface area contributed by atoms with E-state index in [4.69, 9.17) is 18.6 Å². The first-order valence-electron chi connectivity index (χ1n) is 19.8. The molecule has 0 bridgehead atoms. The summed E-state index contributed by atoms with van der Waals surface area (Å²) in [6.45, 7) is 13.9. The maximum Gasteiger partial charge on any atom is 0.314 e. The Morgan fingerprint density at radius 2 is 1.41 bits per heavy atom. The van der Waals surface area contributed by atoms with Gasteiger partial charge in [0.15, 0.2) is 27.2 Å². The molecule has 0 aliphatic carbocycles. The van der Waals surface area contributed by atoms with E-state index >= 15 is 0 Å². The number of methoxy groups -OCH3 is 1. The molecule has 1 heterocycles. The van der Waals surface area contributed by atoms with E-state index in [0.717, 1.165) is 50.6 Å². The van der Waals surface area contributed by atoms with Gasteiger partial charge in [0.1, 0.15) is 18.8 Å². The summed E-state index contributed by atoms with van der Waals surface area (Å²) >= 11 is 0. The number of carbonyl (C=O) groups is 1. The van der Waals surface area contributed by atoms with Gasteiger partial charge < -0.3 is 23.7 Å². The van der Waals surface area contributed by atoms with E-state index in [-0.39, 0.29) is 39.1 Å². The van der Waals surface area contributed by atoms with Crippen molar-refractivity contribution in [3.8, 4) is 22.6 Å². The summed E-state index contributed by atoms with van der Waals surface area (Å²) in [7, 11) is -4.50. The summed E-state index contributed by atoms with van der Waals surface area (Å²) in [5, 5.41) is 18.0. The van der Waals surface area contributed by atoms with Gasteiger partial charge in [0.05, 0.1) is 16.8 Å². The first-order valence-corrected chi connectivity index (χ1v) is 23.1. The number of carbonyl (C=O) groups excluding carboxylic acids is 1. The fraction of sp³-hybridized carbons (Fsp3) is 0.370. The highest BCUT2D eigenvalue weighted by atomic mass is 32.2. The average molecular weight is 876 g/mol. The van der Waals surface area contributed by atoms with Crippen LogP contribution in [0.3, 0.4) is 0 Å². The van der Waals surface area contributed by atoms with Gasteiger partial charge in [-0.2, -0.15) is 9.78 Å². The molecule has 0 fully saturated rings. The predicted octanol–water partition coefficient (Wildman–Crippen LogP) is 6.42. The number of aromatic nitrogens is 2. The lowest BCUT2D eigenvalue weighted by atomic mass is 9.87. The maximum absolute atomic E-state index is 14.4. The second kappa shape index (κ2) is 19.3. The Morgan fingerprint density at radius 1 is 0.852 bits per heavy atom. The zero-order valence-corrected chi connectivity index (χ0v) is 37.7. The third-order valence-corrected chi connectivity index (χ3v) is 13.3. The van der Waals surface area contributed by atoms with Crippen LogP contribution in [0.25, 0.3) is 16.8 Å². The number of hydrogen-bond acceptors (Lipinski definition) is 10. The Balaban J connectivity index is 1.60. The highest BCUT2D eigenvalue weighted by molar-refractivity contribution is 7.90. The third-order valence-electron chi connectivity index (χ3n) is 9.93. The minimum Gasteiger partial charge on any atom is -0.484 e. The molecule has 4 aromatic carbocycles. The fourth-order valence-electron chi connectivity index (χ4n) is 6.37. The quantitative estimate of drug-likeness (QED) is 0.0671. The van der Waals surface area contributed by atoms with Crippen LogP contribution in [0.5, 0.6) is 5.75 Å².